The van der Waals surface area contributed by atoms with Crippen molar-refractivity contribution in [2.45, 2.75) is 13.5 Å². The molecule has 0 aliphatic rings. The molecule has 0 saturated carbocycles. The van der Waals surface area contributed by atoms with Gasteiger partial charge in [0, 0.05) is 28.9 Å². The molecule has 94 valence electrons. The lowest BCUT2D eigenvalue weighted by atomic mass is 10.1. The van der Waals surface area contributed by atoms with Crippen molar-refractivity contribution >= 4 is 27.3 Å². The number of nitrogens with two attached hydrogens (primary N) is 1. The van der Waals surface area contributed by atoms with Crippen LogP contribution in [0.1, 0.15) is 12.5 Å². The van der Waals surface area contributed by atoms with Crippen molar-refractivity contribution < 1.29 is 0 Å². The van der Waals surface area contributed by atoms with Gasteiger partial charge in [-0.2, -0.15) is 0 Å². The number of hydrogen-bond acceptors (Lipinski definition) is 2. The fourth-order valence-corrected chi connectivity index (χ4v) is 2.57. The second-order valence-electron chi connectivity index (χ2n) is 4.24. The van der Waals surface area contributed by atoms with E-state index in [0.717, 1.165) is 23.2 Å². The molecule has 2 nitrogen and oxygen atoms in total. The highest BCUT2D eigenvalue weighted by molar-refractivity contribution is 9.10. The van der Waals surface area contributed by atoms with Crippen LogP contribution in [-0.4, -0.2) is 6.54 Å². The zero-order valence-corrected chi connectivity index (χ0v) is 12.0. The zero-order valence-electron chi connectivity index (χ0n) is 10.4. The van der Waals surface area contributed by atoms with Crippen LogP contribution in [0.4, 0.5) is 11.4 Å². The minimum Gasteiger partial charge on any atom is -0.399 e. The van der Waals surface area contributed by atoms with Gasteiger partial charge in [0.05, 0.1) is 0 Å². The first-order chi connectivity index (χ1) is 8.69. The molecule has 0 amide bonds. The third-order valence-electron chi connectivity index (χ3n) is 2.86. The maximum Gasteiger partial charge on any atom is 0.0430 e. The second kappa shape index (κ2) is 5.91. The number of benzene rings is 2. The Morgan fingerprint density at radius 1 is 1.11 bits per heavy atom. The van der Waals surface area contributed by atoms with Gasteiger partial charge in [-0.3, -0.25) is 0 Å². The van der Waals surface area contributed by atoms with E-state index in [4.69, 9.17) is 5.73 Å². The molecule has 2 N–H and O–H groups in total. The second-order valence-corrected chi connectivity index (χ2v) is 5.16. The minimum atomic E-state index is 0.795. The Labute approximate surface area is 117 Å². The molecule has 0 heterocycles. The lowest BCUT2D eigenvalue weighted by molar-refractivity contribution is 0.832. The Morgan fingerprint density at radius 2 is 1.83 bits per heavy atom. The van der Waals surface area contributed by atoms with Crippen LogP contribution in [-0.2, 0) is 6.54 Å². The molecule has 2 aromatic rings. The van der Waals surface area contributed by atoms with Crippen molar-refractivity contribution in [2.24, 2.45) is 0 Å². The number of rotatable bonds is 4. The van der Waals surface area contributed by atoms with Crippen molar-refractivity contribution in [1.29, 1.82) is 0 Å². The molecule has 0 bridgehead atoms. The minimum absolute atomic E-state index is 0.795. The number of para-hydroxylation sites is 1. The Balaban J connectivity index is 2.20. The number of anilines is 2. The number of hydrogen-bond donors (Lipinski definition) is 1. The third kappa shape index (κ3) is 3.26. The van der Waals surface area contributed by atoms with Crippen molar-refractivity contribution in [3.05, 3.63) is 58.6 Å². The molecule has 0 fully saturated rings. The average molecular weight is 305 g/mol. The highest BCUT2D eigenvalue weighted by Gasteiger charge is 2.05. The summed E-state index contributed by atoms with van der Waals surface area (Å²) < 4.78 is 1.03. The predicted octanol–water partition coefficient (Wildman–Crippen LogP) is 4.06. The van der Waals surface area contributed by atoms with Gasteiger partial charge in [0.25, 0.3) is 0 Å². The summed E-state index contributed by atoms with van der Waals surface area (Å²) in [7, 11) is 0. The molecule has 3 heteroatoms. The Kier molecular flexibility index (Phi) is 4.26. The van der Waals surface area contributed by atoms with Crippen molar-refractivity contribution in [2.75, 3.05) is 17.2 Å². The smallest absolute Gasteiger partial charge is 0.0430 e. The Bertz CT molecular complexity index is 491. The Morgan fingerprint density at radius 3 is 2.44 bits per heavy atom. The maximum absolute atomic E-state index is 5.87. The van der Waals surface area contributed by atoms with E-state index in [1.807, 2.05) is 18.2 Å². The van der Waals surface area contributed by atoms with Crippen LogP contribution in [0.5, 0.6) is 0 Å². The van der Waals surface area contributed by atoms with Crippen LogP contribution in [0, 0.1) is 0 Å². The largest absolute Gasteiger partial charge is 0.399 e. The summed E-state index contributed by atoms with van der Waals surface area (Å²) >= 11 is 3.48. The zero-order chi connectivity index (χ0) is 13.0. The summed E-state index contributed by atoms with van der Waals surface area (Å²) in [5, 5.41) is 0. The molecule has 0 atom stereocenters. The first kappa shape index (κ1) is 13.0. The summed E-state index contributed by atoms with van der Waals surface area (Å²) in [5.41, 5.74) is 9.11. The molecular formula is C15H17BrN2. The van der Waals surface area contributed by atoms with Gasteiger partial charge < -0.3 is 10.6 Å². The fourth-order valence-electron chi connectivity index (χ4n) is 2.01. The van der Waals surface area contributed by atoms with Crippen LogP contribution >= 0.6 is 15.9 Å². The highest BCUT2D eigenvalue weighted by atomic mass is 79.9. The normalized spacial score (nSPS) is 10.3. The van der Waals surface area contributed by atoms with E-state index < -0.39 is 0 Å². The first-order valence-corrected chi connectivity index (χ1v) is 6.83. The summed E-state index contributed by atoms with van der Waals surface area (Å²) in [6, 6.07) is 16.5. The number of nitrogen functional groups attached to an aromatic ring is 1. The van der Waals surface area contributed by atoms with E-state index in [1.165, 1.54) is 11.3 Å². The molecule has 0 aliphatic carbocycles. The van der Waals surface area contributed by atoms with Gasteiger partial charge in [0.1, 0.15) is 0 Å². The van der Waals surface area contributed by atoms with Gasteiger partial charge in [-0.25, -0.2) is 0 Å². The lowest BCUT2D eigenvalue weighted by Gasteiger charge is -2.23. The predicted molar refractivity (Wildman–Crippen MR) is 81.7 cm³/mol. The topological polar surface area (TPSA) is 29.3 Å². The van der Waals surface area contributed by atoms with E-state index in [-0.39, 0.29) is 0 Å². The first-order valence-electron chi connectivity index (χ1n) is 6.04. The molecule has 2 rings (SSSR count). The Hall–Kier alpha value is -1.48. The maximum atomic E-state index is 5.87. The number of halogens is 1. The quantitative estimate of drug-likeness (QED) is 0.863. The van der Waals surface area contributed by atoms with Crippen LogP contribution in [0.2, 0.25) is 0 Å². The van der Waals surface area contributed by atoms with E-state index >= 15 is 0 Å². The summed E-state index contributed by atoms with van der Waals surface area (Å²) in [4.78, 5) is 2.32. The van der Waals surface area contributed by atoms with Gasteiger partial charge >= 0.3 is 0 Å². The van der Waals surface area contributed by atoms with Gasteiger partial charge in [0.15, 0.2) is 0 Å². The van der Waals surface area contributed by atoms with Gasteiger partial charge in [0.2, 0.25) is 0 Å². The summed E-state index contributed by atoms with van der Waals surface area (Å²) in [5.74, 6) is 0. The summed E-state index contributed by atoms with van der Waals surface area (Å²) in [6.45, 7) is 3.99. The van der Waals surface area contributed by atoms with Crippen LogP contribution in [0.3, 0.4) is 0 Å². The summed E-state index contributed by atoms with van der Waals surface area (Å²) in [6.07, 6.45) is 0. The van der Waals surface area contributed by atoms with Crippen molar-refractivity contribution in [1.82, 2.24) is 0 Å². The molecule has 2 aromatic carbocycles. The highest BCUT2D eigenvalue weighted by Crippen LogP contribution is 2.21. The monoisotopic (exact) mass is 304 g/mol. The fraction of sp³-hybridized carbons (Fsp3) is 0.200. The van der Waals surface area contributed by atoms with Crippen LogP contribution in [0.15, 0.2) is 53.0 Å². The molecule has 0 aliphatic heterocycles. The molecular weight excluding hydrogens is 288 g/mol. The molecule has 0 aromatic heterocycles. The van der Waals surface area contributed by atoms with Gasteiger partial charge in [-0.15, -0.1) is 0 Å². The molecule has 0 radical (unpaired) electrons. The van der Waals surface area contributed by atoms with Crippen LogP contribution in [0.25, 0.3) is 0 Å². The van der Waals surface area contributed by atoms with Gasteiger partial charge in [-0.1, -0.05) is 34.1 Å². The lowest BCUT2D eigenvalue weighted by Crippen LogP contribution is -2.21. The third-order valence-corrected chi connectivity index (χ3v) is 3.31. The number of nitrogens with zero attached hydrogens (tertiary/aromatic N) is 1. The molecule has 0 spiro atoms. The van der Waals surface area contributed by atoms with E-state index in [0.29, 0.717) is 0 Å². The molecule has 18 heavy (non-hydrogen) atoms. The van der Waals surface area contributed by atoms with E-state index in [1.54, 1.807) is 0 Å². The van der Waals surface area contributed by atoms with E-state index in [9.17, 15) is 0 Å². The average Bonchev–Trinajstić information content (AvgIpc) is 2.36. The van der Waals surface area contributed by atoms with Gasteiger partial charge in [-0.05, 0) is 42.8 Å². The molecule has 0 saturated heterocycles. The molecule has 0 unspecified atom stereocenters. The van der Waals surface area contributed by atoms with Crippen molar-refractivity contribution in [3.8, 4) is 0 Å². The SMILES string of the molecule is CCN(Cc1cc(N)cc(Br)c1)c1ccccc1. The van der Waals surface area contributed by atoms with E-state index in [2.05, 4.69) is 58.1 Å². The standard InChI is InChI=1S/C15H17BrN2/c1-2-18(15-6-4-3-5-7-15)11-12-8-13(16)10-14(17)9-12/h3-10H,2,11,17H2,1H3. The van der Waals surface area contributed by atoms with Crippen LogP contribution < -0.4 is 10.6 Å². The van der Waals surface area contributed by atoms with Crippen molar-refractivity contribution in [3.63, 3.8) is 0 Å².